The number of carbonyl (C=O) groups is 1. The van der Waals surface area contributed by atoms with E-state index in [1.165, 1.54) is 17.0 Å². The van der Waals surface area contributed by atoms with E-state index in [0.717, 1.165) is 0 Å². The normalized spacial score (nSPS) is 14.2. The minimum atomic E-state index is -1.01. The summed E-state index contributed by atoms with van der Waals surface area (Å²) in [5.41, 5.74) is -1.49. The maximum absolute atomic E-state index is 11.7. The Labute approximate surface area is 111 Å². The number of nitrogens with zero attached hydrogens (tertiary/aromatic N) is 3. The maximum Gasteiger partial charge on any atom is 0.347 e. The zero-order valence-corrected chi connectivity index (χ0v) is 11.5. The molecule has 2 N–H and O–H groups in total. The molecule has 7 nitrogen and oxygen atoms in total. The van der Waals surface area contributed by atoms with Crippen molar-refractivity contribution in [3.8, 4) is 0 Å². The first kappa shape index (κ1) is 15.3. The van der Waals surface area contributed by atoms with Crippen LogP contribution in [0.1, 0.15) is 6.92 Å². The lowest BCUT2D eigenvalue weighted by molar-refractivity contribution is -0.123. The van der Waals surface area contributed by atoms with Crippen molar-refractivity contribution in [2.24, 2.45) is 0 Å². The lowest BCUT2D eigenvalue weighted by Crippen LogP contribution is -2.48. The summed E-state index contributed by atoms with van der Waals surface area (Å²) in [6, 6.07) is 1.58. The minimum Gasteiger partial charge on any atom is -0.387 e. The molecule has 0 aliphatic rings. The molecule has 0 aliphatic carbocycles. The Morgan fingerprint density at radius 2 is 2.26 bits per heavy atom. The number of aromatic nitrogens is 2. The van der Waals surface area contributed by atoms with Gasteiger partial charge in [-0.15, -0.1) is 0 Å². The van der Waals surface area contributed by atoms with Crippen LogP contribution in [0.25, 0.3) is 0 Å². The minimum absolute atomic E-state index is 0.106. The fourth-order valence-electron chi connectivity index (χ4n) is 1.74. The summed E-state index contributed by atoms with van der Waals surface area (Å²) < 4.78 is 1.20. The molecule has 0 radical (unpaired) electrons. The van der Waals surface area contributed by atoms with Gasteiger partial charge in [-0.2, -0.15) is 0 Å². The average Bonchev–Trinajstić information content (AvgIpc) is 2.28. The number of rotatable bonds is 6. The van der Waals surface area contributed by atoms with Crippen LogP contribution in [0.2, 0.25) is 0 Å². The third-order valence-corrected chi connectivity index (χ3v) is 2.42. The largest absolute Gasteiger partial charge is 0.387 e. The molecule has 0 aromatic carbocycles. The van der Waals surface area contributed by atoms with Gasteiger partial charge < -0.3 is 15.3 Å². The van der Waals surface area contributed by atoms with E-state index in [-0.39, 0.29) is 19.0 Å². The predicted molar refractivity (Wildman–Crippen MR) is 70.7 cm³/mol. The van der Waals surface area contributed by atoms with Crippen molar-refractivity contribution in [1.82, 2.24) is 19.8 Å². The van der Waals surface area contributed by atoms with Gasteiger partial charge in [-0.3, -0.25) is 9.36 Å². The average molecular weight is 268 g/mol. The lowest BCUT2D eigenvalue weighted by atomic mass is 10.1. The van der Waals surface area contributed by atoms with Gasteiger partial charge in [0.25, 0.3) is 0 Å². The highest BCUT2D eigenvalue weighted by atomic mass is 16.3. The van der Waals surface area contributed by atoms with Crippen molar-refractivity contribution < 1.29 is 9.90 Å². The molecular formula is C12H20N4O3. The topological polar surface area (TPSA) is 87.5 Å². The summed E-state index contributed by atoms with van der Waals surface area (Å²) in [4.78, 5) is 28.4. The molecule has 1 aromatic rings. The van der Waals surface area contributed by atoms with Crippen LogP contribution in [0.15, 0.2) is 23.3 Å². The molecular weight excluding hydrogens is 248 g/mol. The van der Waals surface area contributed by atoms with Gasteiger partial charge >= 0.3 is 5.69 Å². The molecule has 19 heavy (non-hydrogen) atoms. The van der Waals surface area contributed by atoms with E-state index >= 15 is 0 Å². The van der Waals surface area contributed by atoms with Gasteiger partial charge in [-0.25, -0.2) is 9.78 Å². The molecule has 0 aliphatic heterocycles. The van der Waals surface area contributed by atoms with Crippen LogP contribution in [-0.4, -0.2) is 58.3 Å². The Morgan fingerprint density at radius 3 is 2.84 bits per heavy atom. The fourth-order valence-corrected chi connectivity index (χ4v) is 1.74. The SMILES string of the molecule is CN(C)CC(C)(O)CNC(=O)Cn1cccnc1=O. The second kappa shape index (κ2) is 6.44. The van der Waals surface area contributed by atoms with Crippen molar-refractivity contribution in [1.29, 1.82) is 0 Å². The summed E-state index contributed by atoms with van der Waals surface area (Å²) in [5.74, 6) is -0.339. The van der Waals surface area contributed by atoms with E-state index < -0.39 is 11.3 Å². The number of amides is 1. The zero-order valence-electron chi connectivity index (χ0n) is 11.5. The van der Waals surface area contributed by atoms with E-state index in [1.54, 1.807) is 13.0 Å². The van der Waals surface area contributed by atoms with Crippen molar-refractivity contribution in [2.45, 2.75) is 19.1 Å². The Balaban J connectivity index is 2.49. The quantitative estimate of drug-likeness (QED) is 0.667. The second-order valence-electron chi connectivity index (χ2n) is 5.04. The van der Waals surface area contributed by atoms with Gasteiger partial charge in [-0.1, -0.05) is 0 Å². The molecule has 0 bridgehead atoms. The van der Waals surface area contributed by atoms with Crippen molar-refractivity contribution in [2.75, 3.05) is 27.2 Å². The molecule has 0 saturated carbocycles. The summed E-state index contributed by atoms with van der Waals surface area (Å²) in [6.45, 7) is 2.09. The third kappa shape index (κ3) is 5.62. The van der Waals surface area contributed by atoms with Crippen LogP contribution < -0.4 is 11.0 Å². The number of carbonyl (C=O) groups excluding carboxylic acids is 1. The van der Waals surface area contributed by atoms with E-state index in [2.05, 4.69) is 10.3 Å². The fraction of sp³-hybridized carbons (Fsp3) is 0.583. The van der Waals surface area contributed by atoms with Gasteiger partial charge in [0, 0.05) is 25.5 Å². The lowest BCUT2D eigenvalue weighted by Gasteiger charge is -2.27. The Morgan fingerprint density at radius 1 is 1.58 bits per heavy atom. The monoisotopic (exact) mass is 268 g/mol. The number of aliphatic hydroxyl groups is 1. The van der Waals surface area contributed by atoms with Crippen molar-refractivity contribution >= 4 is 5.91 Å². The molecule has 7 heteroatoms. The molecule has 0 spiro atoms. The molecule has 0 fully saturated rings. The van der Waals surface area contributed by atoms with Crippen LogP contribution >= 0.6 is 0 Å². The number of hydrogen-bond acceptors (Lipinski definition) is 5. The van der Waals surface area contributed by atoms with Crippen LogP contribution in [0.5, 0.6) is 0 Å². The predicted octanol–water partition coefficient (Wildman–Crippen LogP) is -1.33. The number of nitrogens with one attached hydrogen (secondary N) is 1. The van der Waals surface area contributed by atoms with E-state index in [1.807, 2.05) is 19.0 Å². The third-order valence-electron chi connectivity index (χ3n) is 2.42. The number of likely N-dealkylation sites (N-methyl/N-ethyl adjacent to an activating group) is 1. The van der Waals surface area contributed by atoms with Crippen LogP contribution in [0.3, 0.4) is 0 Å². The highest BCUT2D eigenvalue weighted by Crippen LogP contribution is 2.02. The Bertz CT molecular complexity index is 482. The maximum atomic E-state index is 11.7. The Hall–Kier alpha value is -1.73. The van der Waals surface area contributed by atoms with Gasteiger partial charge in [0.1, 0.15) is 6.54 Å². The van der Waals surface area contributed by atoms with E-state index in [4.69, 9.17) is 0 Å². The molecule has 1 rings (SSSR count). The summed E-state index contributed by atoms with van der Waals surface area (Å²) in [7, 11) is 3.68. The Kier molecular flexibility index (Phi) is 5.20. The first-order chi connectivity index (χ1) is 8.80. The smallest absolute Gasteiger partial charge is 0.347 e. The van der Waals surface area contributed by atoms with Gasteiger partial charge in [0.05, 0.1) is 5.60 Å². The van der Waals surface area contributed by atoms with Crippen LogP contribution in [0.4, 0.5) is 0 Å². The van der Waals surface area contributed by atoms with Crippen molar-refractivity contribution in [3.63, 3.8) is 0 Å². The first-order valence-electron chi connectivity index (χ1n) is 5.95. The molecule has 0 saturated heterocycles. The van der Waals surface area contributed by atoms with Gasteiger partial charge in [0.2, 0.25) is 5.91 Å². The molecule has 1 atom stereocenters. The van der Waals surface area contributed by atoms with E-state index in [9.17, 15) is 14.7 Å². The standard InChI is InChI=1S/C12H20N4O3/c1-12(19,9-15(2)3)8-14-10(17)7-16-6-4-5-13-11(16)18/h4-6,19H,7-9H2,1-3H3,(H,14,17). The van der Waals surface area contributed by atoms with E-state index in [0.29, 0.717) is 6.54 Å². The second-order valence-corrected chi connectivity index (χ2v) is 5.04. The van der Waals surface area contributed by atoms with Gasteiger partial charge in [-0.05, 0) is 27.1 Å². The molecule has 1 unspecified atom stereocenters. The first-order valence-corrected chi connectivity index (χ1v) is 5.95. The molecule has 1 amide bonds. The molecule has 1 heterocycles. The molecule has 106 valence electrons. The highest BCUT2D eigenvalue weighted by molar-refractivity contribution is 5.75. The summed E-state index contributed by atoms with van der Waals surface area (Å²) in [5, 5.41) is 12.6. The van der Waals surface area contributed by atoms with Crippen LogP contribution in [-0.2, 0) is 11.3 Å². The summed E-state index contributed by atoms with van der Waals surface area (Å²) >= 11 is 0. The molecule has 1 aromatic heterocycles. The van der Waals surface area contributed by atoms with Crippen LogP contribution in [0, 0.1) is 0 Å². The zero-order chi connectivity index (χ0) is 14.5. The highest BCUT2D eigenvalue weighted by Gasteiger charge is 2.22. The number of hydrogen-bond donors (Lipinski definition) is 2. The summed E-state index contributed by atoms with van der Waals surface area (Å²) in [6.07, 6.45) is 2.87. The van der Waals surface area contributed by atoms with Gasteiger partial charge in [0.15, 0.2) is 0 Å². The van der Waals surface area contributed by atoms with Crippen molar-refractivity contribution in [3.05, 3.63) is 28.9 Å².